The summed E-state index contributed by atoms with van der Waals surface area (Å²) in [5, 5.41) is 3.07. The van der Waals surface area contributed by atoms with Gasteiger partial charge in [-0.15, -0.1) is 0 Å². The molecule has 2 unspecified atom stereocenters. The predicted molar refractivity (Wildman–Crippen MR) is 148 cm³/mol. The van der Waals surface area contributed by atoms with E-state index in [0.29, 0.717) is 34.8 Å². The number of halogens is 2. The van der Waals surface area contributed by atoms with Crippen LogP contribution in [0.5, 0.6) is 0 Å². The maximum Gasteiger partial charge on any atom is 0.229 e. The highest BCUT2D eigenvalue weighted by atomic mass is 19.1. The van der Waals surface area contributed by atoms with Gasteiger partial charge in [0.1, 0.15) is 22.9 Å². The highest BCUT2D eigenvalue weighted by molar-refractivity contribution is 5.83. The van der Waals surface area contributed by atoms with Crippen LogP contribution in [-0.2, 0) is 0 Å². The second-order valence-electron chi connectivity index (χ2n) is 10.9. The van der Waals surface area contributed by atoms with E-state index >= 15 is 0 Å². The van der Waals surface area contributed by atoms with Crippen molar-refractivity contribution in [3.05, 3.63) is 59.7 Å². The number of hydrogen-bond acceptors (Lipinski definition) is 7. The van der Waals surface area contributed by atoms with E-state index in [0.717, 1.165) is 31.4 Å². The van der Waals surface area contributed by atoms with Crippen LogP contribution in [-0.4, -0.2) is 66.0 Å². The number of rotatable bonds is 7. The molecular weight excluding hydrogens is 498 g/mol. The smallest absolute Gasteiger partial charge is 0.229 e. The molecule has 39 heavy (non-hydrogen) atoms. The Morgan fingerprint density at radius 1 is 1.00 bits per heavy atom. The van der Waals surface area contributed by atoms with Gasteiger partial charge in [-0.25, -0.2) is 28.7 Å². The van der Waals surface area contributed by atoms with Crippen molar-refractivity contribution in [3.63, 3.8) is 0 Å². The second-order valence-corrected chi connectivity index (χ2v) is 10.9. The molecule has 0 saturated carbocycles. The van der Waals surface area contributed by atoms with Crippen LogP contribution in [0.1, 0.15) is 57.6 Å². The SMILES string of the molecule is CCN1CC2CC1CN2[C@@H](C)c1ccc(Nc2ncc(F)c(-c3cc(F)c4nc(C)n(C(C)C)c4c3)n2)nc1. The summed E-state index contributed by atoms with van der Waals surface area (Å²) >= 11 is 0. The van der Waals surface area contributed by atoms with Crippen LogP contribution >= 0.6 is 0 Å². The van der Waals surface area contributed by atoms with Gasteiger partial charge in [-0.3, -0.25) is 9.80 Å². The molecule has 0 amide bonds. The number of nitrogens with one attached hydrogen (secondary N) is 1. The first-order valence-corrected chi connectivity index (χ1v) is 13.7. The third-order valence-corrected chi connectivity index (χ3v) is 8.27. The minimum absolute atomic E-state index is 0.0120. The molecule has 3 atom stereocenters. The first-order chi connectivity index (χ1) is 18.7. The van der Waals surface area contributed by atoms with Crippen molar-refractivity contribution in [2.24, 2.45) is 0 Å². The van der Waals surface area contributed by atoms with Crippen molar-refractivity contribution in [1.29, 1.82) is 0 Å². The summed E-state index contributed by atoms with van der Waals surface area (Å²) in [5.74, 6) is 0.289. The van der Waals surface area contributed by atoms with Gasteiger partial charge < -0.3 is 9.88 Å². The van der Waals surface area contributed by atoms with E-state index in [1.165, 1.54) is 12.5 Å². The zero-order valence-corrected chi connectivity index (χ0v) is 23.0. The fraction of sp³-hybridized carbons (Fsp3) is 0.448. The first-order valence-electron chi connectivity index (χ1n) is 13.7. The van der Waals surface area contributed by atoms with Crippen molar-refractivity contribution < 1.29 is 8.78 Å². The fourth-order valence-corrected chi connectivity index (χ4v) is 6.36. The van der Waals surface area contributed by atoms with Crippen LogP contribution in [0.3, 0.4) is 0 Å². The Morgan fingerprint density at radius 3 is 2.49 bits per heavy atom. The Morgan fingerprint density at radius 2 is 1.82 bits per heavy atom. The highest BCUT2D eigenvalue weighted by Gasteiger charge is 2.44. The Balaban J connectivity index is 1.22. The van der Waals surface area contributed by atoms with Crippen LogP contribution in [0.25, 0.3) is 22.3 Å². The number of likely N-dealkylation sites (tertiary alicyclic amines) is 2. The summed E-state index contributed by atoms with van der Waals surface area (Å²) in [6.45, 7) is 13.6. The third-order valence-electron chi connectivity index (χ3n) is 8.27. The van der Waals surface area contributed by atoms with Crippen LogP contribution in [0.2, 0.25) is 0 Å². The van der Waals surface area contributed by atoms with Gasteiger partial charge in [0.05, 0.1) is 11.7 Å². The van der Waals surface area contributed by atoms with Crippen molar-refractivity contribution in [3.8, 4) is 11.3 Å². The number of benzene rings is 1. The molecule has 2 saturated heterocycles. The number of aryl methyl sites for hydroxylation is 1. The summed E-state index contributed by atoms with van der Waals surface area (Å²) < 4.78 is 31.8. The molecule has 1 aromatic carbocycles. The molecule has 2 aliphatic heterocycles. The molecule has 2 fully saturated rings. The van der Waals surface area contributed by atoms with Gasteiger partial charge >= 0.3 is 0 Å². The van der Waals surface area contributed by atoms with E-state index in [4.69, 9.17) is 0 Å². The quantitative estimate of drug-likeness (QED) is 0.330. The van der Waals surface area contributed by atoms with E-state index in [9.17, 15) is 8.78 Å². The number of hydrogen-bond donors (Lipinski definition) is 1. The predicted octanol–water partition coefficient (Wildman–Crippen LogP) is 5.64. The van der Waals surface area contributed by atoms with Crippen molar-refractivity contribution in [2.75, 3.05) is 25.0 Å². The zero-order valence-electron chi connectivity index (χ0n) is 23.0. The van der Waals surface area contributed by atoms with Gasteiger partial charge in [-0.05, 0) is 64.4 Å². The molecule has 5 heterocycles. The minimum atomic E-state index is -0.634. The lowest BCUT2D eigenvalue weighted by Crippen LogP contribution is -2.46. The normalized spacial score (nSPS) is 20.4. The van der Waals surface area contributed by atoms with Gasteiger partial charge in [0, 0.05) is 49.0 Å². The number of fused-ring (bicyclic) bond motifs is 3. The molecule has 1 N–H and O–H groups in total. The average molecular weight is 533 g/mol. The number of nitrogens with zero attached hydrogens (tertiary/aromatic N) is 7. The number of pyridine rings is 1. The Kier molecular flexibility index (Phi) is 6.55. The Bertz CT molecular complexity index is 1520. The molecule has 6 rings (SSSR count). The molecule has 2 bridgehead atoms. The third kappa shape index (κ3) is 4.55. The first kappa shape index (κ1) is 25.8. The van der Waals surface area contributed by atoms with Crippen LogP contribution in [0, 0.1) is 18.6 Å². The van der Waals surface area contributed by atoms with Crippen molar-refractivity contribution >= 4 is 22.8 Å². The van der Waals surface area contributed by atoms with Crippen molar-refractivity contribution in [2.45, 2.75) is 65.2 Å². The lowest BCUT2D eigenvalue weighted by atomic mass is 10.1. The summed E-state index contributed by atoms with van der Waals surface area (Å²) in [7, 11) is 0. The minimum Gasteiger partial charge on any atom is -0.326 e. The van der Waals surface area contributed by atoms with E-state index in [2.05, 4.69) is 55.0 Å². The monoisotopic (exact) mass is 532 g/mol. The topological polar surface area (TPSA) is 75.0 Å². The summed E-state index contributed by atoms with van der Waals surface area (Å²) in [4.78, 5) is 22.6. The molecule has 0 spiro atoms. The van der Waals surface area contributed by atoms with Crippen LogP contribution in [0.4, 0.5) is 20.5 Å². The number of likely N-dealkylation sites (N-methyl/N-ethyl adjacent to an activating group) is 1. The van der Waals surface area contributed by atoms with Gasteiger partial charge in [-0.2, -0.15) is 0 Å². The molecule has 4 aromatic rings. The molecule has 0 aliphatic carbocycles. The Labute approximate surface area is 227 Å². The standard InChI is InChI=1S/C29H34F2N8/c1-6-37-14-22-11-21(37)15-38(22)17(4)19-7-8-26(32-12-19)35-29-33-13-24(31)27(36-29)20-9-23(30)28-25(10-20)39(16(2)3)18(5)34-28/h7-10,12-13,16-17,21-22H,6,11,14-15H2,1-5H3,(H,32,33,35,36)/t17-,21?,22?/m0/s1. The zero-order chi connectivity index (χ0) is 27.4. The van der Waals surface area contributed by atoms with E-state index in [-0.39, 0.29) is 29.2 Å². The number of imidazole rings is 1. The summed E-state index contributed by atoms with van der Waals surface area (Å²) in [6, 6.07) is 8.56. The highest BCUT2D eigenvalue weighted by Crippen LogP contribution is 2.36. The van der Waals surface area contributed by atoms with Crippen molar-refractivity contribution in [1.82, 2.24) is 34.3 Å². The average Bonchev–Trinajstić information content (AvgIpc) is 3.62. The molecule has 8 nitrogen and oxygen atoms in total. The Hall–Kier alpha value is -3.50. The molecule has 2 aliphatic rings. The summed E-state index contributed by atoms with van der Waals surface area (Å²) in [6.07, 6.45) is 4.21. The molecular formula is C29H34F2N8. The van der Waals surface area contributed by atoms with E-state index in [1.807, 2.05) is 37.6 Å². The maximum atomic E-state index is 15.0. The largest absolute Gasteiger partial charge is 0.326 e. The summed E-state index contributed by atoms with van der Waals surface area (Å²) in [5.41, 5.74) is 2.35. The number of piperazine rings is 1. The number of aromatic nitrogens is 5. The molecule has 0 radical (unpaired) electrons. The fourth-order valence-electron chi connectivity index (χ4n) is 6.36. The van der Waals surface area contributed by atoms with Gasteiger partial charge in [0.25, 0.3) is 0 Å². The lowest BCUT2D eigenvalue weighted by Gasteiger charge is -2.37. The van der Waals surface area contributed by atoms with Gasteiger partial charge in [-0.1, -0.05) is 13.0 Å². The van der Waals surface area contributed by atoms with E-state index < -0.39 is 11.6 Å². The lowest BCUT2D eigenvalue weighted by molar-refractivity contribution is 0.101. The number of anilines is 2. The molecule has 204 valence electrons. The van der Waals surface area contributed by atoms with E-state index in [1.54, 1.807) is 6.07 Å². The second kappa shape index (κ2) is 9.91. The van der Waals surface area contributed by atoms with Gasteiger partial charge in [0.2, 0.25) is 5.95 Å². The van der Waals surface area contributed by atoms with Crippen LogP contribution < -0.4 is 5.32 Å². The molecule has 3 aromatic heterocycles. The molecule has 10 heteroatoms. The van der Waals surface area contributed by atoms with Gasteiger partial charge in [0.15, 0.2) is 11.6 Å². The van der Waals surface area contributed by atoms with Crippen LogP contribution in [0.15, 0.2) is 36.7 Å². The maximum absolute atomic E-state index is 15.0.